The van der Waals surface area contributed by atoms with Crippen LogP contribution in [0.25, 0.3) is 10.9 Å². The highest BCUT2D eigenvalue weighted by Gasteiger charge is 2.76. The van der Waals surface area contributed by atoms with Crippen molar-refractivity contribution in [3.8, 4) is 5.75 Å². The van der Waals surface area contributed by atoms with Crippen LogP contribution in [0.4, 0.5) is 5.69 Å². The van der Waals surface area contributed by atoms with E-state index in [4.69, 9.17) is 9.47 Å². The SMILES string of the molecule is CCC1=C[C@@H]2CN(CCc3c([nH]c4ccccc34)[C@@](C(=O)OC)(c3cc4c(cc3OC)N(C)[C@H]3[C@@](O)(CO)[C@H](O)[C@]5(CC)C=CCN6CC[C@]43C65)C2)C1. The van der Waals surface area contributed by atoms with Gasteiger partial charge in [0.05, 0.1) is 33.0 Å². The summed E-state index contributed by atoms with van der Waals surface area (Å²) in [5.74, 6) is 0.307. The molecular weight excluding hydrogens is 668 g/mol. The van der Waals surface area contributed by atoms with Crippen LogP contribution in [0.15, 0.2) is 60.2 Å². The first-order valence-corrected chi connectivity index (χ1v) is 19.6. The van der Waals surface area contributed by atoms with E-state index in [9.17, 15) is 15.3 Å². The van der Waals surface area contributed by atoms with E-state index >= 15 is 4.79 Å². The number of ether oxygens (including phenoxy) is 2. The molecule has 0 radical (unpaired) electrons. The van der Waals surface area contributed by atoms with Gasteiger partial charge < -0.3 is 34.7 Å². The van der Waals surface area contributed by atoms with Crippen molar-refractivity contribution in [3.05, 3.63) is 82.6 Å². The number of hydrogen-bond donors (Lipinski definition) is 4. The van der Waals surface area contributed by atoms with E-state index in [0.29, 0.717) is 18.6 Å². The number of nitrogens with one attached hydrogen (secondary N) is 1. The number of H-pyrrole nitrogens is 1. The summed E-state index contributed by atoms with van der Waals surface area (Å²) in [5, 5.41) is 37.1. The lowest BCUT2D eigenvalue weighted by Gasteiger charge is -2.64. The Morgan fingerprint density at radius 3 is 2.64 bits per heavy atom. The fraction of sp³-hybridized carbons (Fsp3) is 0.558. The molecular formula is C43H54N4O6. The van der Waals surface area contributed by atoms with Crippen molar-refractivity contribution in [2.75, 3.05) is 65.5 Å². The van der Waals surface area contributed by atoms with E-state index in [2.05, 4.69) is 76.0 Å². The molecule has 1 aliphatic carbocycles. The van der Waals surface area contributed by atoms with Gasteiger partial charge in [0, 0.05) is 84.0 Å². The molecule has 6 heterocycles. The molecule has 6 aliphatic rings. The Labute approximate surface area is 312 Å². The van der Waals surface area contributed by atoms with Gasteiger partial charge in [-0.3, -0.25) is 14.6 Å². The number of fused-ring (bicyclic) bond motifs is 6. The number of hydrogen-bond acceptors (Lipinski definition) is 9. The number of methoxy groups -OCH3 is 2. The van der Waals surface area contributed by atoms with Gasteiger partial charge in [-0.1, -0.05) is 55.8 Å². The van der Waals surface area contributed by atoms with Gasteiger partial charge in [0.1, 0.15) is 16.8 Å². The van der Waals surface area contributed by atoms with E-state index in [1.165, 1.54) is 12.7 Å². The molecule has 2 fully saturated rings. The number of esters is 1. The predicted octanol–water partition coefficient (Wildman–Crippen LogP) is 4.04. The third-order valence-electron chi connectivity index (χ3n) is 14.7. The number of carbonyl (C=O) groups excluding carboxylic acids is 1. The number of aliphatic hydroxyl groups is 3. The molecule has 3 aromatic rings. The quantitative estimate of drug-likeness (QED) is 0.221. The summed E-state index contributed by atoms with van der Waals surface area (Å²) in [6.07, 6.45) is 8.97. The molecule has 53 heavy (non-hydrogen) atoms. The summed E-state index contributed by atoms with van der Waals surface area (Å²) in [6, 6.07) is 11.8. The van der Waals surface area contributed by atoms with Gasteiger partial charge in [-0.25, -0.2) is 0 Å². The number of carbonyl (C=O) groups is 1. The zero-order chi connectivity index (χ0) is 37.1. The number of rotatable bonds is 6. The van der Waals surface area contributed by atoms with Crippen LogP contribution in [0.2, 0.25) is 0 Å². The van der Waals surface area contributed by atoms with Crippen molar-refractivity contribution in [2.24, 2.45) is 11.3 Å². The Hall–Kier alpha value is -3.67. The highest BCUT2D eigenvalue weighted by Crippen LogP contribution is 2.67. The van der Waals surface area contributed by atoms with Gasteiger partial charge in [-0.2, -0.15) is 0 Å². The first-order chi connectivity index (χ1) is 25.6. The second-order valence-corrected chi connectivity index (χ2v) is 16.7. The van der Waals surface area contributed by atoms with E-state index in [1.54, 1.807) is 7.11 Å². The molecule has 1 spiro atoms. The van der Waals surface area contributed by atoms with Crippen molar-refractivity contribution >= 4 is 22.6 Å². The average Bonchev–Trinajstić information content (AvgIpc) is 3.85. The standard InChI is InChI=1S/C43H54N4O6/c1-6-26-19-27-22-42(39(50)53-5,35-29(13-17-46(23-26)24-27)28-11-8-9-12-32(28)44-35)31-20-30-33(21-34(31)52-4)45(3)37-41(30)15-18-47-16-10-14-40(7-2,36(41)47)38(49)43(37,51)25-48/h8-12,14,19-21,27,36-38,44,48-49,51H,6-7,13,15-18,22-25H2,1-5H3/t27-,36?,37+,38+,40+,41+,42-,43-/m0/s1. The topological polar surface area (TPSA) is 122 Å². The lowest BCUT2D eigenvalue weighted by molar-refractivity contribution is -0.213. The second-order valence-electron chi connectivity index (χ2n) is 16.7. The monoisotopic (exact) mass is 722 g/mol. The molecule has 4 N–H and O–H groups in total. The molecule has 1 saturated carbocycles. The maximum atomic E-state index is 15.1. The molecule has 1 aromatic heterocycles. The first-order valence-electron chi connectivity index (χ1n) is 19.6. The molecule has 5 aliphatic heterocycles. The van der Waals surface area contributed by atoms with Crippen molar-refractivity contribution < 1.29 is 29.6 Å². The van der Waals surface area contributed by atoms with Crippen LogP contribution >= 0.6 is 0 Å². The van der Waals surface area contributed by atoms with Gasteiger partial charge in [0.2, 0.25) is 0 Å². The number of likely N-dealkylation sites (N-methyl/N-ethyl adjacent to an activating group) is 1. The summed E-state index contributed by atoms with van der Waals surface area (Å²) in [5.41, 5.74) is 2.46. The highest BCUT2D eigenvalue weighted by atomic mass is 16.5. The molecule has 2 aromatic carbocycles. The molecule has 10 heteroatoms. The molecule has 1 saturated heterocycles. The zero-order valence-electron chi connectivity index (χ0n) is 31.7. The summed E-state index contributed by atoms with van der Waals surface area (Å²) in [6.45, 7) is 7.89. The van der Waals surface area contributed by atoms with Crippen molar-refractivity contribution in [2.45, 2.75) is 80.6 Å². The summed E-state index contributed by atoms with van der Waals surface area (Å²) < 4.78 is 12.3. The number of aromatic amines is 1. The van der Waals surface area contributed by atoms with E-state index in [0.717, 1.165) is 91.0 Å². The number of para-hydroxylation sites is 1. The van der Waals surface area contributed by atoms with Crippen LogP contribution in [0.3, 0.4) is 0 Å². The molecule has 2 unspecified atom stereocenters. The maximum absolute atomic E-state index is 15.1. The Bertz CT molecular complexity index is 2040. The van der Waals surface area contributed by atoms with Crippen LogP contribution in [0.1, 0.15) is 61.9 Å². The third kappa shape index (κ3) is 4.36. The van der Waals surface area contributed by atoms with Gasteiger partial charge >= 0.3 is 5.97 Å². The minimum atomic E-state index is -1.82. The minimum absolute atomic E-state index is 0.0733. The maximum Gasteiger partial charge on any atom is 0.322 e. The van der Waals surface area contributed by atoms with Gasteiger partial charge in [-0.05, 0) is 67.8 Å². The van der Waals surface area contributed by atoms with Crippen LogP contribution < -0.4 is 9.64 Å². The lowest BCUT2D eigenvalue weighted by Crippen LogP contribution is -2.79. The molecule has 2 bridgehead atoms. The first kappa shape index (κ1) is 35.1. The average molecular weight is 723 g/mol. The zero-order valence-corrected chi connectivity index (χ0v) is 31.7. The molecule has 0 amide bonds. The second kappa shape index (κ2) is 12.2. The Balaban J connectivity index is 1.37. The van der Waals surface area contributed by atoms with Gasteiger partial charge in [0.15, 0.2) is 0 Å². The Morgan fingerprint density at radius 2 is 1.91 bits per heavy atom. The number of benzene rings is 2. The lowest BCUT2D eigenvalue weighted by atomic mass is 9.48. The number of aromatic nitrogens is 1. The largest absolute Gasteiger partial charge is 0.496 e. The molecule has 9 rings (SSSR count). The summed E-state index contributed by atoms with van der Waals surface area (Å²) in [7, 11) is 5.11. The van der Waals surface area contributed by atoms with Crippen LogP contribution in [0.5, 0.6) is 5.75 Å². The van der Waals surface area contributed by atoms with Crippen LogP contribution in [-0.4, -0.2) is 120 Å². The minimum Gasteiger partial charge on any atom is -0.496 e. The Morgan fingerprint density at radius 1 is 1.09 bits per heavy atom. The fourth-order valence-electron chi connectivity index (χ4n) is 12.6. The number of anilines is 1. The summed E-state index contributed by atoms with van der Waals surface area (Å²) in [4.78, 5) is 26.0. The smallest absolute Gasteiger partial charge is 0.322 e. The fourth-order valence-corrected chi connectivity index (χ4v) is 12.6. The van der Waals surface area contributed by atoms with Crippen LogP contribution in [0, 0.1) is 11.3 Å². The normalized spacial score (nSPS) is 37.2. The Kier molecular flexibility index (Phi) is 8.05. The van der Waals surface area contributed by atoms with Crippen LogP contribution in [-0.2, 0) is 26.8 Å². The van der Waals surface area contributed by atoms with Gasteiger partial charge in [0.25, 0.3) is 0 Å². The molecule has 10 nitrogen and oxygen atoms in total. The molecule has 9 atom stereocenters. The third-order valence-corrected chi connectivity index (χ3v) is 14.7. The highest BCUT2D eigenvalue weighted by molar-refractivity contribution is 5.94. The van der Waals surface area contributed by atoms with E-state index < -0.39 is 40.6 Å². The summed E-state index contributed by atoms with van der Waals surface area (Å²) >= 11 is 0. The van der Waals surface area contributed by atoms with Crippen molar-refractivity contribution in [1.82, 2.24) is 14.8 Å². The van der Waals surface area contributed by atoms with Gasteiger partial charge in [-0.15, -0.1) is 0 Å². The number of nitrogens with zero attached hydrogens (tertiary/aromatic N) is 3. The predicted molar refractivity (Wildman–Crippen MR) is 204 cm³/mol. The number of aliphatic hydroxyl groups excluding tert-OH is 2. The van der Waals surface area contributed by atoms with E-state index in [1.807, 2.05) is 19.2 Å². The van der Waals surface area contributed by atoms with Crippen molar-refractivity contribution in [3.63, 3.8) is 0 Å². The molecule has 282 valence electrons. The van der Waals surface area contributed by atoms with E-state index in [-0.39, 0.29) is 17.9 Å². The van der Waals surface area contributed by atoms with Crippen molar-refractivity contribution in [1.29, 1.82) is 0 Å².